The number of carbonyl (C=O) groups is 3. The van der Waals surface area contributed by atoms with Crippen LogP contribution in [0.15, 0.2) is 82.4 Å². The second-order valence-corrected chi connectivity index (χ2v) is 14.6. The summed E-state index contributed by atoms with van der Waals surface area (Å²) in [5.74, 6) is -2.18. The molecule has 1 aliphatic rings. The van der Waals surface area contributed by atoms with E-state index in [2.05, 4.69) is 30.8 Å². The van der Waals surface area contributed by atoms with E-state index in [1.807, 2.05) is 63.1 Å². The Kier molecular flexibility index (Phi) is 11.6. The van der Waals surface area contributed by atoms with Crippen molar-refractivity contribution in [1.29, 1.82) is 5.41 Å². The first-order valence-corrected chi connectivity index (χ1v) is 17.9. The minimum absolute atomic E-state index is 0.118. The fourth-order valence-electron chi connectivity index (χ4n) is 6.25. The number of carbonyl (C=O) groups excluding carboxylic acids is 3. The summed E-state index contributed by atoms with van der Waals surface area (Å²) in [6.45, 7) is 6.60. The summed E-state index contributed by atoms with van der Waals surface area (Å²) in [5.41, 5.74) is 4.83. The Morgan fingerprint density at radius 1 is 1.04 bits per heavy atom. The van der Waals surface area contributed by atoms with Gasteiger partial charge in [-0.2, -0.15) is 4.98 Å². The van der Waals surface area contributed by atoms with Crippen LogP contribution in [0.25, 0.3) is 11.1 Å². The van der Waals surface area contributed by atoms with Crippen LogP contribution in [0.2, 0.25) is 0 Å². The molecule has 1 aliphatic heterocycles. The van der Waals surface area contributed by atoms with E-state index in [4.69, 9.17) is 9.93 Å². The zero-order valence-electron chi connectivity index (χ0n) is 31.0. The van der Waals surface area contributed by atoms with Gasteiger partial charge in [0, 0.05) is 54.4 Å². The second-order valence-electron chi connectivity index (χ2n) is 14.6. The van der Waals surface area contributed by atoms with Gasteiger partial charge in [-0.25, -0.2) is 13.8 Å². The maximum absolute atomic E-state index is 15.4. The maximum atomic E-state index is 15.4. The number of piperidine rings is 1. The average molecular weight is 749 g/mol. The number of hydrogen-bond acceptors (Lipinski definition) is 8. The van der Waals surface area contributed by atoms with Crippen molar-refractivity contribution in [2.75, 3.05) is 13.6 Å². The summed E-state index contributed by atoms with van der Waals surface area (Å²) in [7, 11) is 1.93. The zero-order chi connectivity index (χ0) is 39.3. The number of imide groups is 1. The highest BCUT2D eigenvalue weighted by molar-refractivity contribution is 6.14. The number of halogens is 2. The molecule has 284 valence electrons. The van der Waals surface area contributed by atoms with Crippen LogP contribution in [0.5, 0.6) is 0 Å². The molecule has 3 heterocycles. The number of nitrogens with zero attached hydrogens (tertiary/aromatic N) is 4. The minimum Gasteiger partial charge on any atom is -0.359 e. The van der Waals surface area contributed by atoms with Crippen LogP contribution in [0.4, 0.5) is 8.78 Å². The second kappa shape index (κ2) is 16.5. The van der Waals surface area contributed by atoms with Gasteiger partial charge in [-0.1, -0.05) is 74.5 Å². The largest absolute Gasteiger partial charge is 0.359 e. The van der Waals surface area contributed by atoms with Crippen molar-refractivity contribution in [3.63, 3.8) is 0 Å². The Hall–Kier alpha value is -6.15. The van der Waals surface area contributed by atoms with E-state index >= 15 is 8.78 Å². The molecule has 2 aromatic heterocycles. The first-order valence-electron chi connectivity index (χ1n) is 17.9. The van der Waals surface area contributed by atoms with Gasteiger partial charge in [0.2, 0.25) is 17.7 Å². The molecule has 12 nitrogen and oxygen atoms in total. The lowest BCUT2D eigenvalue weighted by Gasteiger charge is -2.21. The highest BCUT2D eigenvalue weighted by Gasteiger charge is 2.28. The molecule has 5 aromatic rings. The molecule has 14 heteroatoms. The van der Waals surface area contributed by atoms with Gasteiger partial charge in [0.25, 0.3) is 11.7 Å². The van der Waals surface area contributed by atoms with E-state index in [1.54, 1.807) is 24.4 Å². The molecule has 0 saturated carbocycles. The number of benzene rings is 3. The fourth-order valence-corrected chi connectivity index (χ4v) is 6.25. The van der Waals surface area contributed by atoms with Gasteiger partial charge in [-0.05, 0) is 60.3 Å². The lowest BCUT2D eigenvalue weighted by molar-refractivity contribution is -0.134. The van der Waals surface area contributed by atoms with E-state index in [9.17, 15) is 14.4 Å². The van der Waals surface area contributed by atoms with E-state index < -0.39 is 17.1 Å². The molecule has 55 heavy (non-hydrogen) atoms. The highest BCUT2D eigenvalue weighted by atomic mass is 19.1. The highest BCUT2D eigenvalue weighted by Crippen LogP contribution is 2.27. The summed E-state index contributed by atoms with van der Waals surface area (Å²) < 4.78 is 35.8. The number of amides is 3. The maximum Gasteiger partial charge on any atom is 0.292 e. The molecule has 0 bridgehead atoms. The number of nitrogens with one attached hydrogen (secondary N) is 4. The Bertz CT molecular complexity index is 2250. The molecular formula is C41H42F2N8O4. The predicted octanol–water partition coefficient (Wildman–Crippen LogP) is 6.21. The lowest BCUT2D eigenvalue weighted by atomic mass is 9.90. The first kappa shape index (κ1) is 38.6. The quantitative estimate of drug-likeness (QED) is 0.0631. The van der Waals surface area contributed by atoms with Crippen molar-refractivity contribution in [3.8, 4) is 11.1 Å². The number of likely N-dealkylation sites (N-methyl/N-ethyl adjacent to an activating group) is 1. The van der Waals surface area contributed by atoms with E-state index in [-0.39, 0.29) is 41.5 Å². The normalized spacial score (nSPS) is 15.0. The van der Waals surface area contributed by atoms with Crippen molar-refractivity contribution in [2.45, 2.75) is 64.5 Å². The standard InChI is InChI=1S/C41H42F2N8O4/c1-41(2,3)40-49-37(50-55-40)39(54)46-20-28-11-10-27(18-32(28)42)36(47-23-44)34-19-30(21-45-34)26-9-12-29(33(43)17-26)22-51(4)16-15-24-5-7-25(8-6-24)31-13-14-35(52)48-38(31)53/h5-12,17-19,21,23,31,44-45H,13-16,20,22H2,1-4H3,(H,46,54)(H,48,52,53). The van der Waals surface area contributed by atoms with Crippen molar-refractivity contribution in [2.24, 2.45) is 4.99 Å². The van der Waals surface area contributed by atoms with Gasteiger partial charge in [-0.15, -0.1) is 0 Å². The third kappa shape index (κ3) is 9.33. The smallest absolute Gasteiger partial charge is 0.292 e. The molecule has 0 aliphatic carbocycles. The van der Waals surface area contributed by atoms with E-state index in [0.717, 1.165) is 23.9 Å². The van der Waals surface area contributed by atoms with Crippen molar-refractivity contribution >= 4 is 29.8 Å². The van der Waals surface area contributed by atoms with Crippen molar-refractivity contribution in [1.82, 2.24) is 30.7 Å². The SMILES string of the molecule is CN(CCc1ccc(C2CCC(=O)NC2=O)cc1)Cc1ccc(-c2c[nH]c(C(=NC=N)c3ccc(CNC(=O)c4noc(C(C)(C)C)n4)c(F)c3)c2)cc1F. The minimum atomic E-state index is -0.600. The monoisotopic (exact) mass is 748 g/mol. The molecule has 0 radical (unpaired) electrons. The number of aliphatic imine (C=N–C) groups is 1. The van der Waals surface area contributed by atoms with Crippen LogP contribution < -0.4 is 10.6 Å². The van der Waals surface area contributed by atoms with Crippen LogP contribution in [0.3, 0.4) is 0 Å². The van der Waals surface area contributed by atoms with Crippen LogP contribution in [0, 0.1) is 17.0 Å². The molecule has 4 N–H and O–H groups in total. The van der Waals surface area contributed by atoms with Gasteiger partial charge >= 0.3 is 0 Å². The summed E-state index contributed by atoms with van der Waals surface area (Å²) in [5, 5.41) is 16.3. The Morgan fingerprint density at radius 3 is 2.45 bits per heavy atom. The molecule has 1 atom stereocenters. The first-order chi connectivity index (χ1) is 26.3. The molecule has 3 amide bonds. The molecule has 1 fully saturated rings. The number of aromatic amines is 1. The average Bonchev–Trinajstić information content (AvgIpc) is 3.85. The zero-order valence-corrected chi connectivity index (χ0v) is 31.0. The predicted molar refractivity (Wildman–Crippen MR) is 203 cm³/mol. The summed E-state index contributed by atoms with van der Waals surface area (Å²) in [6, 6.07) is 19.1. The third-order valence-corrected chi connectivity index (χ3v) is 9.40. The number of H-pyrrole nitrogens is 1. The molecule has 1 unspecified atom stereocenters. The molecule has 6 rings (SSSR count). The summed E-state index contributed by atoms with van der Waals surface area (Å²) >= 11 is 0. The van der Waals surface area contributed by atoms with Crippen LogP contribution >= 0.6 is 0 Å². The van der Waals surface area contributed by atoms with Gasteiger partial charge in [0.05, 0.1) is 17.3 Å². The number of rotatable bonds is 13. The van der Waals surface area contributed by atoms with Gasteiger partial charge in [0.1, 0.15) is 18.0 Å². The lowest BCUT2D eigenvalue weighted by Crippen LogP contribution is -2.39. The Labute approximate surface area is 317 Å². The van der Waals surface area contributed by atoms with Crippen molar-refractivity contribution in [3.05, 3.63) is 130 Å². The summed E-state index contributed by atoms with van der Waals surface area (Å²) in [4.78, 5) is 49.7. The van der Waals surface area contributed by atoms with Gasteiger partial charge < -0.3 is 19.7 Å². The molecular weight excluding hydrogens is 706 g/mol. The number of hydrogen-bond donors (Lipinski definition) is 4. The van der Waals surface area contributed by atoms with E-state index in [0.29, 0.717) is 65.5 Å². The summed E-state index contributed by atoms with van der Waals surface area (Å²) in [6.07, 6.45) is 4.14. The van der Waals surface area contributed by atoms with Gasteiger partial charge in [0.15, 0.2) is 0 Å². The molecule has 0 spiro atoms. The topological polar surface area (TPSA) is 169 Å². The van der Waals surface area contributed by atoms with Crippen molar-refractivity contribution < 1.29 is 27.7 Å². The Morgan fingerprint density at radius 2 is 1.78 bits per heavy atom. The fraction of sp³-hybridized carbons (Fsp3) is 0.293. The Balaban J connectivity index is 1.05. The van der Waals surface area contributed by atoms with Crippen LogP contribution in [-0.4, -0.2) is 63.4 Å². The van der Waals surface area contributed by atoms with Crippen LogP contribution in [0.1, 0.15) is 89.6 Å². The van der Waals surface area contributed by atoms with Gasteiger partial charge in [-0.3, -0.25) is 25.1 Å². The third-order valence-electron chi connectivity index (χ3n) is 9.40. The molecule has 1 saturated heterocycles. The van der Waals surface area contributed by atoms with E-state index in [1.165, 1.54) is 18.2 Å². The molecule has 3 aromatic carbocycles. The van der Waals surface area contributed by atoms with Crippen LogP contribution in [-0.2, 0) is 34.5 Å². The number of aromatic nitrogens is 3.